The number of ether oxygens (including phenoxy) is 1. The Morgan fingerprint density at radius 2 is 1.46 bits per heavy atom. The van der Waals surface area contributed by atoms with Gasteiger partial charge in [0.25, 0.3) is 0 Å². The summed E-state index contributed by atoms with van der Waals surface area (Å²) in [6.45, 7) is 9.88. The Labute approximate surface area is 242 Å². The second-order valence-corrected chi connectivity index (χ2v) is 14.9. The van der Waals surface area contributed by atoms with E-state index in [4.69, 9.17) is 4.74 Å². The molecule has 4 unspecified atom stereocenters. The van der Waals surface area contributed by atoms with Crippen LogP contribution in [0.15, 0.2) is 11.6 Å². The Balaban J connectivity index is 1.24. The van der Waals surface area contributed by atoms with Gasteiger partial charge in [-0.3, -0.25) is 4.79 Å². The highest BCUT2D eigenvalue weighted by molar-refractivity contribution is 5.69. The molecule has 3 fully saturated rings. The van der Waals surface area contributed by atoms with Crippen molar-refractivity contribution >= 4 is 5.97 Å². The van der Waals surface area contributed by atoms with Crippen LogP contribution in [0, 0.1) is 34.5 Å². The molecule has 0 aromatic carbocycles. The van der Waals surface area contributed by atoms with Crippen LogP contribution in [-0.2, 0) is 9.53 Å². The van der Waals surface area contributed by atoms with Gasteiger partial charge >= 0.3 is 5.97 Å². The summed E-state index contributed by atoms with van der Waals surface area (Å²) < 4.78 is 6.05. The van der Waals surface area contributed by atoms with Gasteiger partial charge in [0.15, 0.2) is 0 Å². The first-order chi connectivity index (χ1) is 18.9. The van der Waals surface area contributed by atoms with Crippen LogP contribution in [0.3, 0.4) is 0 Å². The summed E-state index contributed by atoms with van der Waals surface area (Å²) >= 11 is 0. The van der Waals surface area contributed by atoms with Crippen molar-refractivity contribution in [2.45, 2.75) is 181 Å². The van der Waals surface area contributed by atoms with Crippen LogP contribution in [0.4, 0.5) is 0 Å². The average molecular weight is 541 g/mol. The molecule has 0 saturated heterocycles. The van der Waals surface area contributed by atoms with Crippen molar-refractivity contribution in [2.75, 3.05) is 0 Å². The fourth-order valence-corrected chi connectivity index (χ4v) is 9.95. The zero-order chi connectivity index (χ0) is 27.7. The van der Waals surface area contributed by atoms with E-state index in [1.807, 2.05) is 0 Å². The number of rotatable bonds is 16. The van der Waals surface area contributed by atoms with Gasteiger partial charge in [-0.05, 0) is 92.3 Å². The SMILES string of the molecule is CCCCCCCCCC(=O)O[C@H]1CC[C@@]2(C)C(=CCC3C4CCC(CCCCCCCC)[C@@]4(C)CCC32)C1. The van der Waals surface area contributed by atoms with E-state index in [2.05, 4.69) is 33.8 Å². The molecule has 3 saturated carbocycles. The van der Waals surface area contributed by atoms with E-state index < -0.39 is 0 Å². The highest BCUT2D eigenvalue weighted by Crippen LogP contribution is 2.66. The van der Waals surface area contributed by atoms with Gasteiger partial charge in [0, 0.05) is 12.8 Å². The molecule has 0 aliphatic heterocycles. The van der Waals surface area contributed by atoms with Crippen LogP contribution in [0.25, 0.3) is 0 Å². The molecule has 4 rings (SSSR count). The topological polar surface area (TPSA) is 26.3 Å². The zero-order valence-corrected chi connectivity index (χ0v) is 26.5. The van der Waals surface area contributed by atoms with Crippen molar-refractivity contribution in [1.82, 2.24) is 0 Å². The van der Waals surface area contributed by atoms with E-state index in [0.717, 1.165) is 42.9 Å². The molecule has 2 nitrogen and oxygen atoms in total. The summed E-state index contributed by atoms with van der Waals surface area (Å²) in [6.07, 6.45) is 32.7. The van der Waals surface area contributed by atoms with Gasteiger partial charge in [-0.15, -0.1) is 0 Å². The number of carbonyl (C=O) groups excluding carboxylic acids is 1. The molecule has 224 valence electrons. The lowest BCUT2D eigenvalue weighted by atomic mass is 9.47. The van der Waals surface area contributed by atoms with Crippen LogP contribution in [0.2, 0.25) is 0 Å². The third kappa shape index (κ3) is 7.54. The van der Waals surface area contributed by atoms with Crippen LogP contribution in [0.5, 0.6) is 0 Å². The number of allylic oxidation sites excluding steroid dienone is 1. The third-order valence-corrected chi connectivity index (χ3v) is 12.4. The second kappa shape index (κ2) is 14.9. The Morgan fingerprint density at radius 3 is 2.18 bits per heavy atom. The smallest absolute Gasteiger partial charge is 0.306 e. The molecule has 39 heavy (non-hydrogen) atoms. The van der Waals surface area contributed by atoms with Crippen LogP contribution < -0.4 is 0 Å². The maximum atomic E-state index is 12.6. The summed E-state index contributed by atoms with van der Waals surface area (Å²) in [4.78, 5) is 12.6. The van der Waals surface area contributed by atoms with Crippen molar-refractivity contribution in [3.05, 3.63) is 11.6 Å². The molecule has 0 aromatic heterocycles. The van der Waals surface area contributed by atoms with Gasteiger partial charge in [0.2, 0.25) is 0 Å². The molecule has 0 aromatic rings. The number of fused-ring (bicyclic) bond motifs is 5. The second-order valence-electron chi connectivity index (χ2n) is 14.9. The van der Waals surface area contributed by atoms with Gasteiger partial charge in [0.05, 0.1) is 0 Å². The van der Waals surface area contributed by atoms with Crippen molar-refractivity contribution in [1.29, 1.82) is 0 Å². The Hall–Kier alpha value is -0.790. The maximum absolute atomic E-state index is 12.6. The standard InChI is InChI=1S/C37H64O2/c1-5-7-9-11-13-15-17-19-35(38)39-31-24-26-37(4)30(28-31)20-22-32-33-23-21-29(18-16-14-12-10-8-6-2)36(33,3)27-25-34(32)37/h20,29,31-34H,5-19,21-28H2,1-4H3/t29?,31-,32?,33?,34?,36+,37-/m0/s1. The van der Waals surface area contributed by atoms with E-state index in [1.165, 1.54) is 122 Å². The zero-order valence-electron chi connectivity index (χ0n) is 26.5. The van der Waals surface area contributed by atoms with Crippen LogP contribution in [-0.4, -0.2) is 12.1 Å². The van der Waals surface area contributed by atoms with Crippen LogP contribution in [0.1, 0.15) is 175 Å². The number of esters is 1. The molecule has 4 aliphatic carbocycles. The first kappa shape index (κ1) is 31.2. The normalized spacial score (nSPS) is 35.6. The third-order valence-electron chi connectivity index (χ3n) is 12.4. The monoisotopic (exact) mass is 540 g/mol. The minimum Gasteiger partial charge on any atom is -0.462 e. The molecular weight excluding hydrogens is 476 g/mol. The average Bonchev–Trinajstić information content (AvgIpc) is 3.26. The van der Waals surface area contributed by atoms with Gasteiger partial charge in [0.1, 0.15) is 6.10 Å². The van der Waals surface area contributed by atoms with Gasteiger partial charge in [-0.25, -0.2) is 0 Å². The van der Waals surface area contributed by atoms with E-state index >= 15 is 0 Å². The highest BCUT2D eigenvalue weighted by Gasteiger charge is 2.58. The maximum Gasteiger partial charge on any atom is 0.306 e. The lowest BCUT2D eigenvalue weighted by molar-refractivity contribution is -0.151. The predicted octanol–water partition coefficient (Wildman–Crippen LogP) is 11.4. The molecule has 0 heterocycles. The summed E-state index contributed by atoms with van der Waals surface area (Å²) in [7, 11) is 0. The first-order valence-electron chi connectivity index (χ1n) is 17.8. The highest BCUT2D eigenvalue weighted by atomic mass is 16.5. The molecule has 7 atom stereocenters. The summed E-state index contributed by atoms with van der Waals surface area (Å²) in [5, 5.41) is 0. The van der Waals surface area contributed by atoms with Crippen molar-refractivity contribution in [3.8, 4) is 0 Å². The van der Waals surface area contributed by atoms with Gasteiger partial charge < -0.3 is 4.74 Å². The molecule has 2 heteroatoms. The van der Waals surface area contributed by atoms with Crippen molar-refractivity contribution < 1.29 is 9.53 Å². The summed E-state index contributed by atoms with van der Waals surface area (Å²) in [5.74, 6) is 3.71. The Bertz CT molecular complexity index is 784. The van der Waals surface area contributed by atoms with Gasteiger partial charge in [-0.1, -0.05) is 116 Å². The molecule has 0 N–H and O–H groups in total. The van der Waals surface area contributed by atoms with Gasteiger partial charge in [-0.2, -0.15) is 0 Å². The minimum atomic E-state index is 0.0576. The molecule has 4 aliphatic rings. The molecular formula is C37H64O2. The molecule has 0 amide bonds. The number of hydrogen-bond acceptors (Lipinski definition) is 2. The predicted molar refractivity (Wildman–Crippen MR) is 166 cm³/mol. The first-order valence-corrected chi connectivity index (χ1v) is 17.8. The quantitative estimate of drug-likeness (QED) is 0.110. The van der Waals surface area contributed by atoms with E-state index in [9.17, 15) is 4.79 Å². The van der Waals surface area contributed by atoms with Crippen LogP contribution >= 0.6 is 0 Å². The van der Waals surface area contributed by atoms with Crippen molar-refractivity contribution in [2.24, 2.45) is 34.5 Å². The Kier molecular flexibility index (Phi) is 11.9. The number of unbranched alkanes of at least 4 members (excludes halogenated alkanes) is 11. The fourth-order valence-electron chi connectivity index (χ4n) is 9.95. The largest absolute Gasteiger partial charge is 0.462 e. The molecule has 0 spiro atoms. The van der Waals surface area contributed by atoms with E-state index in [0.29, 0.717) is 17.3 Å². The summed E-state index contributed by atoms with van der Waals surface area (Å²) in [5.41, 5.74) is 2.59. The van der Waals surface area contributed by atoms with Crippen molar-refractivity contribution in [3.63, 3.8) is 0 Å². The van der Waals surface area contributed by atoms with E-state index in [-0.39, 0.29) is 12.1 Å². The fraction of sp³-hybridized carbons (Fsp3) is 0.919. The lowest BCUT2D eigenvalue weighted by Crippen LogP contribution is -2.50. The Morgan fingerprint density at radius 1 is 0.795 bits per heavy atom. The lowest BCUT2D eigenvalue weighted by Gasteiger charge is -2.58. The number of carbonyl (C=O) groups is 1. The summed E-state index contributed by atoms with van der Waals surface area (Å²) in [6, 6.07) is 0. The van der Waals surface area contributed by atoms with E-state index in [1.54, 1.807) is 5.57 Å². The molecule has 0 radical (unpaired) electrons. The number of hydrogen-bond donors (Lipinski definition) is 0. The molecule has 0 bridgehead atoms. The minimum absolute atomic E-state index is 0.0576.